The van der Waals surface area contributed by atoms with Gasteiger partial charge in [0.2, 0.25) is 5.89 Å². The van der Waals surface area contributed by atoms with Crippen LogP contribution in [0.15, 0.2) is 83.4 Å². The Balaban J connectivity index is 1.67. The van der Waals surface area contributed by atoms with Gasteiger partial charge in [-0.1, -0.05) is 71.7 Å². The van der Waals surface area contributed by atoms with Crippen LogP contribution >= 0.6 is 23.2 Å². The number of anilines is 1. The maximum absolute atomic E-state index is 12.9. The smallest absolute Gasteiger partial charge is 0.256 e. The quantitative estimate of drug-likeness (QED) is 0.415. The van der Waals surface area contributed by atoms with Crippen molar-refractivity contribution in [2.24, 2.45) is 0 Å². The number of oxazole rings is 1. The van der Waals surface area contributed by atoms with Crippen LogP contribution in [-0.4, -0.2) is 10.9 Å². The summed E-state index contributed by atoms with van der Waals surface area (Å²) < 4.78 is 5.90. The normalized spacial score (nSPS) is 10.6. The largest absolute Gasteiger partial charge is 0.436 e. The fourth-order valence-electron chi connectivity index (χ4n) is 2.79. The van der Waals surface area contributed by atoms with E-state index in [1.165, 1.54) is 0 Å². The van der Waals surface area contributed by atoms with Crippen molar-refractivity contribution in [3.8, 4) is 22.8 Å². The number of benzene rings is 3. The number of nitrogens with one attached hydrogen (secondary N) is 1. The van der Waals surface area contributed by atoms with Crippen LogP contribution in [0.5, 0.6) is 0 Å². The van der Waals surface area contributed by atoms with Crippen LogP contribution in [-0.2, 0) is 0 Å². The molecular weight excluding hydrogens is 395 g/mol. The van der Waals surface area contributed by atoms with Crippen molar-refractivity contribution in [2.75, 3.05) is 5.32 Å². The summed E-state index contributed by atoms with van der Waals surface area (Å²) in [4.78, 5) is 17.2. The maximum Gasteiger partial charge on any atom is 0.256 e. The van der Waals surface area contributed by atoms with E-state index in [9.17, 15) is 4.79 Å². The van der Waals surface area contributed by atoms with Crippen LogP contribution in [0.25, 0.3) is 22.8 Å². The Morgan fingerprint density at radius 1 is 0.893 bits per heavy atom. The lowest BCUT2D eigenvalue weighted by molar-refractivity contribution is 0.102. The topological polar surface area (TPSA) is 55.1 Å². The summed E-state index contributed by atoms with van der Waals surface area (Å²) in [5.74, 6) is 0.657. The third-order valence-corrected chi connectivity index (χ3v) is 4.98. The highest BCUT2D eigenvalue weighted by Gasteiger charge is 2.18. The molecule has 0 spiro atoms. The van der Waals surface area contributed by atoms with E-state index in [0.717, 1.165) is 5.56 Å². The predicted molar refractivity (Wildman–Crippen MR) is 112 cm³/mol. The molecule has 1 N–H and O–H groups in total. The highest BCUT2D eigenvalue weighted by Crippen LogP contribution is 2.32. The zero-order valence-corrected chi connectivity index (χ0v) is 16.0. The summed E-state index contributed by atoms with van der Waals surface area (Å²) in [6.07, 6.45) is 1.65. The van der Waals surface area contributed by atoms with E-state index in [2.05, 4.69) is 10.3 Å². The summed E-state index contributed by atoms with van der Waals surface area (Å²) >= 11 is 12.2. The van der Waals surface area contributed by atoms with Crippen LogP contribution in [0.2, 0.25) is 10.0 Å². The van der Waals surface area contributed by atoms with Crippen molar-refractivity contribution in [1.82, 2.24) is 4.98 Å². The van der Waals surface area contributed by atoms with Crippen molar-refractivity contribution in [2.45, 2.75) is 0 Å². The Hall–Kier alpha value is -3.08. The van der Waals surface area contributed by atoms with E-state index in [-0.39, 0.29) is 10.9 Å². The molecule has 1 aromatic heterocycles. The highest BCUT2D eigenvalue weighted by atomic mass is 35.5. The number of aromatic nitrogens is 1. The number of nitrogens with zero attached hydrogens (tertiary/aromatic N) is 1. The molecule has 138 valence electrons. The van der Waals surface area contributed by atoms with E-state index < -0.39 is 0 Å². The first-order chi connectivity index (χ1) is 13.6. The molecule has 4 nitrogen and oxygen atoms in total. The van der Waals surface area contributed by atoms with Gasteiger partial charge in [0.15, 0.2) is 5.76 Å². The number of halogens is 2. The monoisotopic (exact) mass is 408 g/mol. The summed E-state index contributed by atoms with van der Waals surface area (Å²) in [6.45, 7) is 0. The van der Waals surface area contributed by atoms with E-state index in [0.29, 0.717) is 33.5 Å². The van der Waals surface area contributed by atoms with Gasteiger partial charge < -0.3 is 9.73 Å². The van der Waals surface area contributed by atoms with Gasteiger partial charge in [-0.05, 0) is 24.3 Å². The van der Waals surface area contributed by atoms with Crippen molar-refractivity contribution in [3.05, 3.63) is 94.6 Å². The summed E-state index contributed by atoms with van der Waals surface area (Å²) in [6, 6.07) is 21.8. The lowest BCUT2D eigenvalue weighted by Gasteiger charge is -2.10. The SMILES string of the molecule is O=C(Nc1cccc(Cl)c1Cl)c1ccccc1-c1ncc(-c2ccccc2)o1. The molecule has 0 unspecified atom stereocenters. The van der Waals surface area contributed by atoms with E-state index >= 15 is 0 Å². The Kier molecular flexibility index (Phi) is 5.15. The molecule has 1 amide bonds. The number of hydrogen-bond donors (Lipinski definition) is 1. The van der Waals surface area contributed by atoms with Crippen molar-refractivity contribution >= 4 is 34.8 Å². The summed E-state index contributed by atoms with van der Waals surface area (Å²) in [5, 5.41) is 3.45. The van der Waals surface area contributed by atoms with E-state index in [1.54, 1.807) is 42.6 Å². The van der Waals surface area contributed by atoms with Crippen LogP contribution in [0.4, 0.5) is 5.69 Å². The molecule has 0 aliphatic rings. The van der Waals surface area contributed by atoms with Gasteiger partial charge in [0, 0.05) is 11.1 Å². The first-order valence-corrected chi connectivity index (χ1v) is 9.25. The highest BCUT2D eigenvalue weighted by molar-refractivity contribution is 6.44. The van der Waals surface area contributed by atoms with Crippen LogP contribution in [0, 0.1) is 0 Å². The first kappa shape index (κ1) is 18.3. The number of carbonyl (C=O) groups is 1. The fourth-order valence-corrected chi connectivity index (χ4v) is 3.14. The average molecular weight is 409 g/mol. The summed E-state index contributed by atoms with van der Waals surface area (Å²) in [7, 11) is 0. The Morgan fingerprint density at radius 3 is 2.46 bits per heavy atom. The van der Waals surface area contributed by atoms with Gasteiger partial charge in [-0.3, -0.25) is 4.79 Å². The van der Waals surface area contributed by atoms with Gasteiger partial charge in [0.1, 0.15) is 0 Å². The molecule has 0 saturated heterocycles. The lowest BCUT2D eigenvalue weighted by atomic mass is 10.1. The first-order valence-electron chi connectivity index (χ1n) is 8.49. The van der Waals surface area contributed by atoms with Crippen LogP contribution < -0.4 is 5.32 Å². The van der Waals surface area contributed by atoms with Gasteiger partial charge in [0.25, 0.3) is 5.91 Å². The van der Waals surface area contributed by atoms with Gasteiger partial charge >= 0.3 is 0 Å². The Morgan fingerprint density at radius 2 is 1.64 bits per heavy atom. The molecule has 0 aliphatic heterocycles. The minimum absolute atomic E-state index is 0.289. The van der Waals surface area contributed by atoms with Gasteiger partial charge in [-0.15, -0.1) is 0 Å². The fraction of sp³-hybridized carbons (Fsp3) is 0. The third kappa shape index (κ3) is 3.65. The molecule has 0 fully saturated rings. The molecule has 28 heavy (non-hydrogen) atoms. The predicted octanol–water partition coefficient (Wildman–Crippen LogP) is 6.57. The Bertz CT molecular complexity index is 1140. The van der Waals surface area contributed by atoms with E-state index in [1.807, 2.05) is 36.4 Å². The van der Waals surface area contributed by atoms with Crippen LogP contribution in [0.3, 0.4) is 0 Å². The zero-order chi connectivity index (χ0) is 19.5. The average Bonchev–Trinajstić information content (AvgIpc) is 3.22. The number of carbonyl (C=O) groups excluding carboxylic acids is 1. The van der Waals surface area contributed by atoms with Gasteiger partial charge in [0.05, 0.1) is 27.5 Å². The standard InChI is InChI=1S/C22H14Cl2N2O2/c23-17-11-6-12-18(20(17)24)26-21(27)15-9-4-5-10-16(15)22-25-13-19(28-22)14-7-2-1-3-8-14/h1-13H,(H,26,27). The second kappa shape index (κ2) is 7.89. The van der Waals surface area contributed by atoms with Crippen LogP contribution in [0.1, 0.15) is 10.4 Å². The maximum atomic E-state index is 12.9. The van der Waals surface area contributed by atoms with E-state index in [4.69, 9.17) is 27.6 Å². The van der Waals surface area contributed by atoms with Crippen molar-refractivity contribution in [3.63, 3.8) is 0 Å². The number of amides is 1. The molecule has 0 saturated carbocycles. The molecule has 1 heterocycles. The molecular formula is C22H14Cl2N2O2. The minimum atomic E-state index is -0.334. The van der Waals surface area contributed by atoms with Gasteiger partial charge in [-0.2, -0.15) is 0 Å². The van der Waals surface area contributed by atoms with Crippen molar-refractivity contribution < 1.29 is 9.21 Å². The second-order valence-electron chi connectivity index (χ2n) is 6.00. The second-order valence-corrected chi connectivity index (χ2v) is 6.78. The summed E-state index contributed by atoms with van der Waals surface area (Å²) in [5.41, 5.74) is 2.35. The number of rotatable bonds is 4. The number of hydrogen-bond acceptors (Lipinski definition) is 3. The Labute approximate surface area is 171 Å². The lowest BCUT2D eigenvalue weighted by Crippen LogP contribution is -2.13. The molecule has 3 aromatic carbocycles. The zero-order valence-electron chi connectivity index (χ0n) is 14.5. The minimum Gasteiger partial charge on any atom is -0.436 e. The molecule has 0 bridgehead atoms. The molecule has 6 heteroatoms. The molecule has 0 aliphatic carbocycles. The third-order valence-electron chi connectivity index (χ3n) is 4.17. The molecule has 4 rings (SSSR count). The molecule has 0 atom stereocenters. The van der Waals surface area contributed by atoms with Crippen molar-refractivity contribution in [1.29, 1.82) is 0 Å². The van der Waals surface area contributed by atoms with Gasteiger partial charge in [-0.25, -0.2) is 4.98 Å². The molecule has 0 radical (unpaired) electrons. The molecule has 4 aromatic rings.